The van der Waals surface area contributed by atoms with Crippen LogP contribution in [0.25, 0.3) is 0 Å². The summed E-state index contributed by atoms with van der Waals surface area (Å²) in [5.41, 5.74) is 2.15. The van der Waals surface area contributed by atoms with Crippen molar-refractivity contribution in [1.29, 1.82) is 0 Å². The number of hydrogen-bond donors (Lipinski definition) is 1. The van der Waals surface area contributed by atoms with Gasteiger partial charge in [-0.25, -0.2) is 0 Å². The van der Waals surface area contributed by atoms with E-state index in [1.807, 2.05) is 12.1 Å². The van der Waals surface area contributed by atoms with Crippen molar-refractivity contribution in [1.82, 2.24) is 0 Å². The summed E-state index contributed by atoms with van der Waals surface area (Å²) in [7, 11) is 0. The van der Waals surface area contributed by atoms with Gasteiger partial charge in [0.15, 0.2) is 5.17 Å². The zero-order valence-corrected chi connectivity index (χ0v) is 12.6. The van der Waals surface area contributed by atoms with E-state index in [0.717, 1.165) is 28.1 Å². The molecular weight excluding hydrogens is 264 g/mol. The van der Waals surface area contributed by atoms with Gasteiger partial charge in [-0.2, -0.15) is 0 Å². The SMILES string of the molecule is Cc1ccc(Cl)c(NC2=NC(CC(C)C)CS2)c1. The first-order valence-electron chi connectivity index (χ1n) is 6.28. The van der Waals surface area contributed by atoms with Crippen LogP contribution >= 0.6 is 23.4 Å². The van der Waals surface area contributed by atoms with Gasteiger partial charge in [0.2, 0.25) is 0 Å². The van der Waals surface area contributed by atoms with Gasteiger partial charge < -0.3 is 5.32 Å². The van der Waals surface area contributed by atoms with Gasteiger partial charge in [0, 0.05) is 5.75 Å². The molecule has 0 aliphatic carbocycles. The first-order chi connectivity index (χ1) is 8.54. The molecule has 1 aliphatic rings. The highest BCUT2D eigenvalue weighted by molar-refractivity contribution is 8.14. The van der Waals surface area contributed by atoms with Crippen molar-refractivity contribution in [3.8, 4) is 0 Å². The van der Waals surface area contributed by atoms with Crippen LogP contribution in [-0.4, -0.2) is 17.0 Å². The molecule has 0 radical (unpaired) electrons. The molecule has 1 aliphatic heterocycles. The van der Waals surface area contributed by atoms with Gasteiger partial charge in [-0.05, 0) is 37.0 Å². The maximum atomic E-state index is 6.17. The van der Waals surface area contributed by atoms with E-state index < -0.39 is 0 Å². The van der Waals surface area contributed by atoms with Crippen molar-refractivity contribution in [2.75, 3.05) is 11.1 Å². The van der Waals surface area contributed by atoms with Crippen molar-refractivity contribution >= 4 is 34.2 Å². The lowest BCUT2D eigenvalue weighted by Crippen LogP contribution is -2.08. The van der Waals surface area contributed by atoms with Crippen LogP contribution in [0.4, 0.5) is 5.69 Å². The van der Waals surface area contributed by atoms with Crippen LogP contribution in [0.3, 0.4) is 0 Å². The summed E-state index contributed by atoms with van der Waals surface area (Å²) in [6.07, 6.45) is 1.15. The molecule has 1 aromatic carbocycles. The number of nitrogens with zero attached hydrogens (tertiary/aromatic N) is 1. The molecule has 0 saturated heterocycles. The van der Waals surface area contributed by atoms with Crippen molar-refractivity contribution in [2.24, 2.45) is 10.9 Å². The number of nitrogens with one attached hydrogen (secondary N) is 1. The Bertz CT molecular complexity index is 457. The van der Waals surface area contributed by atoms with E-state index in [9.17, 15) is 0 Å². The maximum Gasteiger partial charge on any atom is 0.161 e. The number of hydrogen-bond acceptors (Lipinski definition) is 3. The van der Waals surface area contributed by atoms with Crippen LogP contribution in [-0.2, 0) is 0 Å². The second-order valence-corrected chi connectivity index (χ2v) is 6.55. The van der Waals surface area contributed by atoms with Gasteiger partial charge in [-0.1, -0.05) is 43.3 Å². The molecule has 2 rings (SSSR count). The smallest absolute Gasteiger partial charge is 0.161 e. The zero-order valence-electron chi connectivity index (χ0n) is 11.0. The Hall–Kier alpha value is -0.670. The van der Waals surface area contributed by atoms with Gasteiger partial charge in [0.1, 0.15) is 0 Å². The third-order valence-electron chi connectivity index (χ3n) is 2.82. The summed E-state index contributed by atoms with van der Waals surface area (Å²) in [5, 5.41) is 5.07. The zero-order chi connectivity index (χ0) is 13.1. The molecule has 0 bridgehead atoms. The van der Waals surface area contributed by atoms with Gasteiger partial charge in [0.05, 0.1) is 16.8 Å². The van der Waals surface area contributed by atoms with Gasteiger partial charge in [0.25, 0.3) is 0 Å². The lowest BCUT2D eigenvalue weighted by atomic mass is 10.1. The van der Waals surface area contributed by atoms with E-state index in [1.54, 1.807) is 11.8 Å². The fourth-order valence-electron chi connectivity index (χ4n) is 2.00. The topological polar surface area (TPSA) is 24.4 Å². The van der Waals surface area contributed by atoms with Crippen LogP contribution in [0, 0.1) is 12.8 Å². The lowest BCUT2D eigenvalue weighted by molar-refractivity contribution is 0.529. The highest BCUT2D eigenvalue weighted by Crippen LogP contribution is 2.28. The van der Waals surface area contributed by atoms with Crippen molar-refractivity contribution < 1.29 is 0 Å². The summed E-state index contributed by atoms with van der Waals surface area (Å²) in [6, 6.07) is 6.44. The Morgan fingerprint density at radius 3 is 3.00 bits per heavy atom. The second kappa shape index (κ2) is 5.98. The number of aliphatic imine (C=N–C) groups is 1. The monoisotopic (exact) mass is 282 g/mol. The van der Waals surface area contributed by atoms with Crippen molar-refractivity contribution in [3.63, 3.8) is 0 Å². The Kier molecular flexibility index (Phi) is 4.57. The first kappa shape index (κ1) is 13.8. The number of thioether (sulfide) groups is 1. The lowest BCUT2D eigenvalue weighted by Gasteiger charge is -2.08. The Balaban J connectivity index is 2.04. The van der Waals surface area contributed by atoms with Gasteiger partial charge in [-0.15, -0.1) is 0 Å². The van der Waals surface area contributed by atoms with Crippen LogP contribution in [0.2, 0.25) is 5.02 Å². The molecule has 2 nitrogen and oxygen atoms in total. The molecule has 1 aromatic rings. The van der Waals surface area contributed by atoms with E-state index >= 15 is 0 Å². The van der Waals surface area contributed by atoms with Crippen LogP contribution in [0.15, 0.2) is 23.2 Å². The van der Waals surface area contributed by atoms with Crippen molar-refractivity contribution in [3.05, 3.63) is 28.8 Å². The molecule has 98 valence electrons. The summed E-state index contributed by atoms with van der Waals surface area (Å²) >= 11 is 7.95. The third-order valence-corrected chi connectivity index (χ3v) is 4.18. The third kappa shape index (κ3) is 3.66. The largest absolute Gasteiger partial charge is 0.334 e. The maximum absolute atomic E-state index is 6.17. The number of anilines is 1. The van der Waals surface area contributed by atoms with E-state index in [-0.39, 0.29) is 0 Å². The minimum atomic E-state index is 0.445. The molecule has 0 amide bonds. The van der Waals surface area contributed by atoms with E-state index in [2.05, 4.69) is 32.2 Å². The summed E-state index contributed by atoms with van der Waals surface area (Å²) in [6.45, 7) is 6.54. The molecular formula is C14H19ClN2S. The number of amidine groups is 1. The Morgan fingerprint density at radius 1 is 1.50 bits per heavy atom. The summed E-state index contributed by atoms with van der Waals surface area (Å²) in [5.74, 6) is 1.77. The predicted molar refractivity (Wildman–Crippen MR) is 82.9 cm³/mol. The number of halogens is 1. The molecule has 0 saturated carbocycles. The summed E-state index contributed by atoms with van der Waals surface area (Å²) < 4.78 is 0. The van der Waals surface area contributed by atoms with E-state index in [1.165, 1.54) is 5.56 Å². The highest BCUT2D eigenvalue weighted by Gasteiger charge is 2.19. The Morgan fingerprint density at radius 2 is 2.28 bits per heavy atom. The second-order valence-electron chi connectivity index (χ2n) is 5.14. The molecule has 4 heteroatoms. The van der Waals surface area contributed by atoms with E-state index in [4.69, 9.17) is 16.6 Å². The minimum absolute atomic E-state index is 0.445. The molecule has 0 aromatic heterocycles. The minimum Gasteiger partial charge on any atom is -0.334 e. The number of rotatable bonds is 3. The normalized spacial score (nSPS) is 19.2. The molecule has 1 atom stereocenters. The first-order valence-corrected chi connectivity index (χ1v) is 7.64. The van der Waals surface area contributed by atoms with Gasteiger partial charge in [-0.3, -0.25) is 4.99 Å². The quantitative estimate of drug-likeness (QED) is 0.878. The Labute approximate surface area is 118 Å². The molecule has 1 heterocycles. The average Bonchev–Trinajstić information content (AvgIpc) is 2.70. The molecule has 1 N–H and O–H groups in total. The predicted octanol–water partition coefficient (Wildman–Crippen LogP) is 4.58. The molecule has 18 heavy (non-hydrogen) atoms. The molecule has 0 fully saturated rings. The van der Waals surface area contributed by atoms with Crippen LogP contribution < -0.4 is 5.32 Å². The van der Waals surface area contributed by atoms with Crippen molar-refractivity contribution in [2.45, 2.75) is 33.2 Å². The molecule has 0 spiro atoms. The standard InChI is InChI=1S/C14H19ClN2S/c1-9(2)6-11-8-18-14(16-11)17-13-7-10(3)4-5-12(13)15/h4-5,7,9,11H,6,8H2,1-3H3,(H,16,17). The molecule has 1 unspecified atom stereocenters. The van der Waals surface area contributed by atoms with E-state index in [0.29, 0.717) is 12.0 Å². The number of benzene rings is 1. The van der Waals surface area contributed by atoms with Crippen LogP contribution in [0.5, 0.6) is 0 Å². The van der Waals surface area contributed by atoms with Gasteiger partial charge >= 0.3 is 0 Å². The number of aryl methyl sites for hydroxylation is 1. The fraction of sp³-hybridized carbons (Fsp3) is 0.500. The highest BCUT2D eigenvalue weighted by atomic mass is 35.5. The summed E-state index contributed by atoms with van der Waals surface area (Å²) in [4.78, 5) is 4.70. The fourth-order valence-corrected chi connectivity index (χ4v) is 3.13. The average molecular weight is 283 g/mol. The van der Waals surface area contributed by atoms with Crippen LogP contribution in [0.1, 0.15) is 25.8 Å².